The predicted molar refractivity (Wildman–Crippen MR) is 113 cm³/mol. The van der Waals surface area contributed by atoms with Crippen LogP contribution in [0.4, 0.5) is 5.69 Å². The van der Waals surface area contributed by atoms with E-state index in [0.717, 1.165) is 27.1 Å². The molecule has 0 spiro atoms. The fourth-order valence-electron chi connectivity index (χ4n) is 2.90. The number of hydrogen-bond acceptors (Lipinski definition) is 3. The minimum absolute atomic E-state index is 0.177. The SMILES string of the molecule is Cc1cc(Br)ccc1NC(=O)c1cccc(OCc2cn3ccccc3n2)c1. The van der Waals surface area contributed by atoms with Gasteiger partial charge in [0.2, 0.25) is 0 Å². The van der Waals surface area contributed by atoms with E-state index in [1.165, 1.54) is 0 Å². The quantitative estimate of drug-likeness (QED) is 0.466. The first-order valence-corrected chi connectivity index (χ1v) is 9.61. The molecular formula is C22H18BrN3O2. The van der Waals surface area contributed by atoms with E-state index in [1.54, 1.807) is 12.1 Å². The maximum atomic E-state index is 12.6. The van der Waals surface area contributed by atoms with Crippen molar-refractivity contribution in [3.8, 4) is 5.75 Å². The topological polar surface area (TPSA) is 55.6 Å². The summed E-state index contributed by atoms with van der Waals surface area (Å²) in [6.45, 7) is 2.29. The Kier molecular flexibility index (Phi) is 5.12. The second-order valence-electron chi connectivity index (χ2n) is 6.43. The Morgan fingerprint density at radius 2 is 2.04 bits per heavy atom. The van der Waals surface area contributed by atoms with Crippen LogP contribution in [-0.2, 0) is 6.61 Å². The minimum Gasteiger partial charge on any atom is -0.487 e. The normalized spacial score (nSPS) is 10.8. The molecule has 0 bridgehead atoms. The highest BCUT2D eigenvalue weighted by Gasteiger charge is 2.10. The maximum absolute atomic E-state index is 12.6. The van der Waals surface area contributed by atoms with Crippen LogP contribution in [0.25, 0.3) is 5.65 Å². The van der Waals surface area contributed by atoms with Crippen LogP contribution in [0.2, 0.25) is 0 Å². The van der Waals surface area contributed by atoms with Gasteiger partial charge in [-0.2, -0.15) is 0 Å². The number of fused-ring (bicyclic) bond motifs is 1. The molecule has 1 N–H and O–H groups in total. The molecule has 0 aliphatic rings. The second-order valence-corrected chi connectivity index (χ2v) is 7.34. The van der Waals surface area contributed by atoms with Crippen molar-refractivity contribution >= 4 is 33.2 Å². The summed E-state index contributed by atoms with van der Waals surface area (Å²) in [4.78, 5) is 17.1. The number of carbonyl (C=O) groups is 1. The van der Waals surface area contributed by atoms with E-state index in [4.69, 9.17) is 4.74 Å². The van der Waals surface area contributed by atoms with Crippen molar-refractivity contribution in [2.75, 3.05) is 5.32 Å². The van der Waals surface area contributed by atoms with Gasteiger partial charge in [-0.3, -0.25) is 4.79 Å². The number of pyridine rings is 1. The molecule has 0 aliphatic heterocycles. The van der Waals surface area contributed by atoms with Gasteiger partial charge in [0.25, 0.3) is 5.91 Å². The Balaban J connectivity index is 1.45. The molecule has 0 unspecified atom stereocenters. The molecule has 0 aliphatic carbocycles. The van der Waals surface area contributed by atoms with E-state index in [9.17, 15) is 4.79 Å². The Bertz CT molecular complexity index is 1120. The summed E-state index contributed by atoms with van der Waals surface area (Å²) < 4.78 is 8.76. The fraction of sp³-hybridized carbons (Fsp3) is 0.0909. The molecule has 0 fully saturated rings. The summed E-state index contributed by atoms with van der Waals surface area (Å²) in [7, 11) is 0. The van der Waals surface area contributed by atoms with Crippen molar-refractivity contribution in [3.63, 3.8) is 0 Å². The molecule has 2 aromatic carbocycles. The highest BCUT2D eigenvalue weighted by molar-refractivity contribution is 9.10. The van der Waals surface area contributed by atoms with Gasteiger partial charge in [0, 0.05) is 28.1 Å². The number of carbonyl (C=O) groups excluding carboxylic acids is 1. The molecule has 0 saturated heterocycles. The van der Waals surface area contributed by atoms with Gasteiger partial charge in [-0.05, 0) is 61.0 Å². The Hall–Kier alpha value is -3.12. The lowest BCUT2D eigenvalue weighted by Gasteiger charge is -2.10. The molecule has 0 radical (unpaired) electrons. The number of ether oxygens (including phenoxy) is 1. The first-order valence-electron chi connectivity index (χ1n) is 8.81. The minimum atomic E-state index is -0.177. The summed E-state index contributed by atoms with van der Waals surface area (Å²) in [5.41, 5.74) is 4.01. The van der Waals surface area contributed by atoms with Crippen molar-refractivity contribution in [1.29, 1.82) is 0 Å². The van der Waals surface area contributed by atoms with Gasteiger partial charge in [-0.15, -0.1) is 0 Å². The average molecular weight is 436 g/mol. The van der Waals surface area contributed by atoms with Gasteiger partial charge in [-0.1, -0.05) is 28.1 Å². The molecule has 0 saturated carbocycles. The molecule has 5 nitrogen and oxygen atoms in total. The lowest BCUT2D eigenvalue weighted by Crippen LogP contribution is -2.12. The van der Waals surface area contributed by atoms with Crippen molar-refractivity contribution in [2.45, 2.75) is 13.5 Å². The van der Waals surface area contributed by atoms with E-state index in [2.05, 4.69) is 26.2 Å². The number of amides is 1. The van der Waals surface area contributed by atoms with Crippen molar-refractivity contribution in [2.24, 2.45) is 0 Å². The van der Waals surface area contributed by atoms with Crippen LogP contribution < -0.4 is 10.1 Å². The Morgan fingerprint density at radius 1 is 1.14 bits per heavy atom. The van der Waals surface area contributed by atoms with Crippen LogP contribution >= 0.6 is 15.9 Å². The number of nitrogens with zero attached hydrogens (tertiary/aromatic N) is 2. The summed E-state index contributed by atoms with van der Waals surface area (Å²) >= 11 is 3.43. The van der Waals surface area contributed by atoms with Crippen LogP contribution in [-0.4, -0.2) is 15.3 Å². The largest absolute Gasteiger partial charge is 0.487 e. The maximum Gasteiger partial charge on any atom is 0.255 e. The first kappa shape index (κ1) is 18.3. The third kappa shape index (κ3) is 4.07. The number of hydrogen-bond donors (Lipinski definition) is 1. The number of aryl methyl sites for hydroxylation is 1. The first-order chi connectivity index (χ1) is 13.6. The Morgan fingerprint density at radius 3 is 2.86 bits per heavy atom. The monoisotopic (exact) mass is 435 g/mol. The predicted octanol–water partition coefficient (Wildman–Crippen LogP) is 5.24. The van der Waals surface area contributed by atoms with Crippen molar-refractivity contribution in [1.82, 2.24) is 9.38 Å². The van der Waals surface area contributed by atoms with Crippen LogP contribution in [0.5, 0.6) is 5.75 Å². The van der Waals surface area contributed by atoms with E-state index in [0.29, 0.717) is 17.9 Å². The fourth-order valence-corrected chi connectivity index (χ4v) is 3.38. The number of nitrogens with one attached hydrogen (secondary N) is 1. The van der Waals surface area contributed by atoms with E-state index in [1.807, 2.05) is 72.2 Å². The third-order valence-electron chi connectivity index (χ3n) is 4.33. The zero-order chi connectivity index (χ0) is 19.5. The lowest BCUT2D eigenvalue weighted by atomic mass is 10.1. The van der Waals surface area contributed by atoms with E-state index >= 15 is 0 Å². The number of benzene rings is 2. The van der Waals surface area contributed by atoms with E-state index in [-0.39, 0.29) is 5.91 Å². The molecular weight excluding hydrogens is 418 g/mol. The molecule has 2 heterocycles. The number of aromatic nitrogens is 2. The highest BCUT2D eigenvalue weighted by Crippen LogP contribution is 2.22. The summed E-state index contributed by atoms with van der Waals surface area (Å²) in [5.74, 6) is 0.445. The summed E-state index contributed by atoms with van der Waals surface area (Å²) in [6.07, 6.45) is 3.88. The van der Waals surface area contributed by atoms with Gasteiger partial charge in [0.1, 0.15) is 18.0 Å². The second kappa shape index (κ2) is 7.86. The Labute approximate surface area is 171 Å². The van der Waals surface area contributed by atoms with Gasteiger partial charge >= 0.3 is 0 Å². The number of halogens is 1. The number of anilines is 1. The van der Waals surface area contributed by atoms with Gasteiger partial charge < -0.3 is 14.5 Å². The molecule has 140 valence electrons. The zero-order valence-electron chi connectivity index (χ0n) is 15.2. The van der Waals surface area contributed by atoms with Crippen LogP contribution in [0.1, 0.15) is 21.6 Å². The van der Waals surface area contributed by atoms with Gasteiger partial charge in [0.15, 0.2) is 0 Å². The smallest absolute Gasteiger partial charge is 0.255 e. The molecule has 2 aromatic heterocycles. The van der Waals surface area contributed by atoms with Crippen molar-refractivity contribution in [3.05, 3.63) is 94.4 Å². The summed E-state index contributed by atoms with van der Waals surface area (Å²) in [6, 6.07) is 18.7. The van der Waals surface area contributed by atoms with Crippen LogP contribution in [0, 0.1) is 6.92 Å². The van der Waals surface area contributed by atoms with Gasteiger partial charge in [-0.25, -0.2) is 4.98 Å². The standard InChI is InChI=1S/C22H18BrN3O2/c1-15-11-17(23)8-9-20(15)25-22(27)16-5-4-6-19(12-16)28-14-18-13-26-10-3-2-7-21(26)24-18/h2-13H,14H2,1H3,(H,25,27). The molecule has 4 aromatic rings. The van der Waals surface area contributed by atoms with E-state index < -0.39 is 0 Å². The molecule has 0 atom stereocenters. The lowest BCUT2D eigenvalue weighted by molar-refractivity contribution is 0.102. The van der Waals surface area contributed by atoms with Crippen LogP contribution in [0.15, 0.2) is 77.5 Å². The molecule has 1 amide bonds. The number of rotatable bonds is 5. The zero-order valence-corrected chi connectivity index (χ0v) is 16.8. The van der Waals surface area contributed by atoms with Crippen LogP contribution in [0.3, 0.4) is 0 Å². The van der Waals surface area contributed by atoms with Gasteiger partial charge in [0.05, 0.1) is 5.69 Å². The van der Waals surface area contributed by atoms with Crippen molar-refractivity contribution < 1.29 is 9.53 Å². The average Bonchev–Trinajstić information content (AvgIpc) is 3.12. The highest BCUT2D eigenvalue weighted by atomic mass is 79.9. The molecule has 28 heavy (non-hydrogen) atoms. The third-order valence-corrected chi connectivity index (χ3v) is 4.83. The number of imidazole rings is 1. The molecule has 4 rings (SSSR count). The summed E-state index contributed by atoms with van der Waals surface area (Å²) in [5, 5.41) is 2.94. The molecule has 6 heteroatoms.